The normalized spacial score (nSPS) is 9.95. The molecule has 2 aromatic rings. The molecular formula is C17H14O4. The standard InChI is InChI=1S/C17H14O4/c1-11(12-6-5-7-13(10-12)21-2)16(18)14-8-3-4-9-15(14)17(19)20/h3-10H,1H2,2H3,(H,19,20). The van der Waals surface area contributed by atoms with Gasteiger partial charge in [0, 0.05) is 11.1 Å². The number of carbonyl (C=O) groups excluding carboxylic acids is 1. The molecule has 1 N–H and O–H groups in total. The molecule has 0 heterocycles. The van der Waals surface area contributed by atoms with Crippen LogP contribution in [0, 0.1) is 0 Å². The van der Waals surface area contributed by atoms with Gasteiger partial charge in [-0.05, 0) is 23.8 Å². The Bertz CT molecular complexity index is 716. The summed E-state index contributed by atoms with van der Waals surface area (Å²) in [6.07, 6.45) is 0. The number of hydrogen-bond acceptors (Lipinski definition) is 3. The molecular weight excluding hydrogens is 268 g/mol. The molecule has 4 nitrogen and oxygen atoms in total. The summed E-state index contributed by atoms with van der Waals surface area (Å²) in [4.78, 5) is 23.7. The number of Topliss-reactive ketones (excluding diaryl/α,β-unsaturated/α-hetero) is 1. The van der Waals surface area contributed by atoms with E-state index >= 15 is 0 Å². The van der Waals surface area contributed by atoms with Crippen LogP contribution >= 0.6 is 0 Å². The average Bonchev–Trinajstić information content (AvgIpc) is 2.53. The third-order valence-corrected chi connectivity index (χ3v) is 3.09. The highest BCUT2D eigenvalue weighted by molar-refractivity contribution is 6.30. The molecule has 0 amide bonds. The van der Waals surface area contributed by atoms with Gasteiger partial charge >= 0.3 is 5.97 Å². The van der Waals surface area contributed by atoms with Crippen LogP contribution in [0.2, 0.25) is 0 Å². The lowest BCUT2D eigenvalue weighted by molar-refractivity contribution is 0.0693. The number of ether oxygens (including phenoxy) is 1. The molecule has 0 fully saturated rings. The summed E-state index contributed by atoms with van der Waals surface area (Å²) in [5, 5.41) is 9.15. The lowest BCUT2D eigenvalue weighted by Gasteiger charge is -2.09. The van der Waals surface area contributed by atoms with E-state index in [-0.39, 0.29) is 16.7 Å². The predicted molar refractivity (Wildman–Crippen MR) is 79.8 cm³/mol. The maximum atomic E-state index is 12.5. The van der Waals surface area contributed by atoms with Crippen molar-refractivity contribution in [1.82, 2.24) is 0 Å². The summed E-state index contributed by atoms with van der Waals surface area (Å²) < 4.78 is 5.11. The van der Waals surface area contributed by atoms with E-state index in [2.05, 4.69) is 6.58 Å². The molecule has 21 heavy (non-hydrogen) atoms. The molecule has 0 saturated carbocycles. The molecule has 4 heteroatoms. The summed E-state index contributed by atoms with van der Waals surface area (Å²) in [5.74, 6) is -0.952. The van der Waals surface area contributed by atoms with Gasteiger partial charge in [-0.3, -0.25) is 4.79 Å². The van der Waals surface area contributed by atoms with E-state index in [0.717, 1.165) is 0 Å². The minimum absolute atomic E-state index is 0.0356. The summed E-state index contributed by atoms with van der Waals surface area (Å²) in [5.41, 5.74) is 0.909. The van der Waals surface area contributed by atoms with Crippen LogP contribution in [0.15, 0.2) is 55.1 Å². The van der Waals surface area contributed by atoms with Crippen molar-refractivity contribution in [3.05, 3.63) is 71.8 Å². The Balaban J connectivity index is 2.40. The highest BCUT2D eigenvalue weighted by atomic mass is 16.5. The van der Waals surface area contributed by atoms with Crippen molar-refractivity contribution in [3.63, 3.8) is 0 Å². The van der Waals surface area contributed by atoms with E-state index in [1.807, 2.05) is 0 Å². The number of aromatic carboxylic acids is 1. The Morgan fingerprint density at radius 1 is 1.05 bits per heavy atom. The summed E-state index contributed by atoms with van der Waals surface area (Å²) in [6.45, 7) is 3.78. The second-order valence-corrected chi connectivity index (χ2v) is 4.39. The molecule has 2 aromatic carbocycles. The van der Waals surface area contributed by atoms with Crippen molar-refractivity contribution in [2.24, 2.45) is 0 Å². The average molecular weight is 282 g/mol. The molecule has 106 valence electrons. The highest BCUT2D eigenvalue weighted by Gasteiger charge is 2.19. The Labute approximate surface area is 122 Å². The smallest absolute Gasteiger partial charge is 0.336 e. The Morgan fingerprint density at radius 2 is 1.71 bits per heavy atom. The van der Waals surface area contributed by atoms with Crippen molar-refractivity contribution >= 4 is 17.3 Å². The number of allylic oxidation sites excluding steroid dienone is 1. The lowest BCUT2D eigenvalue weighted by atomic mass is 9.95. The van der Waals surface area contributed by atoms with Crippen LogP contribution in [0.3, 0.4) is 0 Å². The summed E-state index contributed by atoms with van der Waals surface area (Å²) in [7, 11) is 1.53. The van der Waals surface area contributed by atoms with Gasteiger partial charge in [-0.25, -0.2) is 4.79 Å². The predicted octanol–water partition coefficient (Wildman–Crippen LogP) is 3.29. The van der Waals surface area contributed by atoms with Crippen molar-refractivity contribution in [3.8, 4) is 5.75 Å². The number of benzene rings is 2. The molecule has 0 spiro atoms. The molecule has 0 aliphatic heterocycles. The molecule has 0 aromatic heterocycles. The summed E-state index contributed by atoms with van der Waals surface area (Å²) in [6, 6.07) is 13.0. The van der Waals surface area contributed by atoms with Gasteiger partial charge in [0.2, 0.25) is 0 Å². The topological polar surface area (TPSA) is 63.6 Å². The largest absolute Gasteiger partial charge is 0.497 e. The molecule has 0 aliphatic rings. The van der Waals surface area contributed by atoms with E-state index in [1.54, 1.807) is 36.4 Å². The van der Waals surface area contributed by atoms with Crippen LogP contribution in [0.25, 0.3) is 5.57 Å². The number of rotatable bonds is 5. The van der Waals surface area contributed by atoms with E-state index in [1.165, 1.54) is 19.2 Å². The van der Waals surface area contributed by atoms with Crippen LogP contribution in [-0.2, 0) is 0 Å². The zero-order valence-corrected chi connectivity index (χ0v) is 11.5. The number of carboxylic acid groups (broad SMARTS) is 1. The third kappa shape index (κ3) is 3.00. The van der Waals surface area contributed by atoms with E-state index in [4.69, 9.17) is 9.84 Å². The second kappa shape index (κ2) is 6.05. The number of ketones is 1. The fourth-order valence-corrected chi connectivity index (χ4v) is 1.97. The fourth-order valence-electron chi connectivity index (χ4n) is 1.97. The van der Waals surface area contributed by atoms with E-state index in [9.17, 15) is 9.59 Å². The minimum Gasteiger partial charge on any atom is -0.497 e. The Kier molecular flexibility index (Phi) is 4.18. The first-order chi connectivity index (χ1) is 10.0. The van der Waals surface area contributed by atoms with Gasteiger partial charge in [0.25, 0.3) is 0 Å². The van der Waals surface area contributed by atoms with Crippen molar-refractivity contribution in [1.29, 1.82) is 0 Å². The van der Waals surface area contributed by atoms with Crippen LogP contribution in [-0.4, -0.2) is 24.0 Å². The number of carboxylic acids is 1. The van der Waals surface area contributed by atoms with Crippen molar-refractivity contribution in [2.75, 3.05) is 7.11 Å². The van der Waals surface area contributed by atoms with Crippen molar-refractivity contribution in [2.45, 2.75) is 0 Å². The van der Waals surface area contributed by atoms with Crippen LogP contribution in [0.5, 0.6) is 5.75 Å². The molecule has 0 saturated heterocycles. The van der Waals surface area contributed by atoms with Gasteiger partial charge in [-0.1, -0.05) is 36.9 Å². The SMILES string of the molecule is C=C(C(=O)c1ccccc1C(=O)O)c1cccc(OC)c1. The quantitative estimate of drug-likeness (QED) is 0.675. The zero-order chi connectivity index (χ0) is 15.4. The van der Waals surface area contributed by atoms with Crippen LogP contribution in [0.1, 0.15) is 26.3 Å². The van der Waals surface area contributed by atoms with E-state index < -0.39 is 11.8 Å². The fraction of sp³-hybridized carbons (Fsp3) is 0.0588. The second-order valence-electron chi connectivity index (χ2n) is 4.39. The Morgan fingerprint density at radius 3 is 2.33 bits per heavy atom. The van der Waals surface area contributed by atoms with Gasteiger partial charge in [0.1, 0.15) is 5.75 Å². The number of hydrogen-bond donors (Lipinski definition) is 1. The molecule has 0 aliphatic carbocycles. The maximum Gasteiger partial charge on any atom is 0.336 e. The van der Waals surface area contributed by atoms with Crippen LogP contribution < -0.4 is 4.74 Å². The number of methoxy groups -OCH3 is 1. The summed E-state index contributed by atoms with van der Waals surface area (Å²) >= 11 is 0. The first-order valence-corrected chi connectivity index (χ1v) is 6.25. The van der Waals surface area contributed by atoms with Crippen molar-refractivity contribution < 1.29 is 19.4 Å². The Hall–Kier alpha value is -2.88. The minimum atomic E-state index is -1.14. The molecule has 0 radical (unpaired) electrons. The van der Waals surface area contributed by atoms with Gasteiger partial charge in [-0.2, -0.15) is 0 Å². The molecule has 0 bridgehead atoms. The van der Waals surface area contributed by atoms with Gasteiger partial charge < -0.3 is 9.84 Å². The van der Waals surface area contributed by atoms with Gasteiger partial charge in [0.15, 0.2) is 5.78 Å². The maximum absolute atomic E-state index is 12.5. The van der Waals surface area contributed by atoms with Gasteiger partial charge in [-0.15, -0.1) is 0 Å². The zero-order valence-electron chi connectivity index (χ0n) is 11.5. The first-order valence-electron chi connectivity index (χ1n) is 6.25. The monoisotopic (exact) mass is 282 g/mol. The highest BCUT2D eigenvalue weighted by Crippen LogP contribution is 2.23. The first kappa shape index (κ1) is 14.5. The van der Waals surface area contributed by atoms with E-state index in [0.29, 0.717) is 11.3 Å². The molecule has 0 unspecified atom stereocenters. The van der Waals surface area contributed by atoms with Gasteiger partial charge in [0.05, 0.1) is 12.7 Å². The number of carbonyl (C=O) groups is 2. The van der Waals surface area contributed by atoms with Crippen LogP contribution in [0.4, 0.5) is 0 Å². The lowest BCUT2D eigenvalue weighted by Crippen LogP contribution is -2.09. The third-order valence-electron chi connectivity index (χ3n) is 3.09. The molecule has 2 rings (SSSR count). The molecule has 0 atom stereocenters.